The van der Waals surface area contributed by atoms with Crippen LogP contribution in [0.15, 0.2) is 0 Å². The third-order valence-electron chi connectivity index (χ3n) is 2.25. The summed E-state index contributed by atoms with van der Waals surface area (Å²) in [6.07, 6.45) is 2.02. The molecule has 1 amide bonds. The summed E-state index contributed by atoms with van der Waals surface area (Å²) >= 11 is 0. The molecular formula is C10H16N4O3. The molecule has 0 aliphatic carbocycles. The zero-order valence-corrected chi connectivity index (χ0v) is 9.86. The topological polar surface area (TPSA) is 108 Å². The number of aromatic nitrogens is 3. The molecule has 94 valence electrons. The van der Waals surface area contributed by atoms with Crippen molar-refractivity contribution >= 4 is 11.9 Å². The van der Waals surface area contributed by atoms with Crippen LogP contribution in [0.5, 0.6) is 0 Å². The predicted octanol–water partition coefficient (Wildman–Crippen LogP) is 0.486. The normalized spacial score (nSPS) is 12.1. The second-order valence-electron chi connectivity index (χ2n) is 3.75. The number of aromatic amines is 1. The highest BCUT2D eigenvalue weighted by molar-refractivity contribution is 5.93. The minimum absolute atomic E-state index is 0.0368. The maximum Gasteiger partial charge on any atom is 0.326 e. The number of carboxylic acids is 1. The molecule has 0 fully saturated rings. The maximum atomic E-state index is 11.6. The monoisotopic (exact) mass is 240 g/mol. The number of hydrogen-bond acceptors (Lipinski definition) is 4. The van der Waals surface area contributed by atoms with Gasteiger partial charge in [0, 0.05) is 0 Å². The number of carbonyl (C=O) groups excluding carboxylic acids is 1. The summed E-state index contributed by atoms with van der Waals surface area (Å²) in [5.41, 5.74) is 0. The molecule has 1 atom stereocenters. The molecule has 1 heterocycles. The van der Waals surface area contributed by atoms with Crippen LogP contribution in [0.2, 0.25) is 0 Å². The molecule has 0 spiro atoms. The number of amides is 1. The summed E-state index contributed by atoms with van der Waals surface area (Å²) < 4.78 is 0. The van der Waals surface area contributed by atoms with Crippen molar-refractivity contribution in [3.63, 3.8) is 0 Å². The first kappa shape index (κ1) is 13.1. The van der Waals surface area contributed by atoms with Crippen LogP contribution in [0.4, 0.5) is 0 Å². The van der Waals surface area contributed by atoms with Gasteiger partial charge in [0.25, 0.3) is 5.91 Å². The average molecular weight is 240 g/mol. The van der Waals surface area contributed by atoms with Crippen molar-refractivity contribution in [2.24, 2.45) is 0 Å². The lowest BCUT2D eigenvalue weighted by Gasteiger charge is -2.12. The van der Waals surface area contributed by atoms with Gasteiger partial charge in [-0.05, 0) is 13.3 Å². The van der Waals surface area contributed by atoms with Gasteiger partial charge in [-0.15, -0.1) is 5.10 Å². The van der Waals surface area contributed by atoms with E-state index in [9.17, 15) is 9.59 Å². The van der Waals surface area contributed by atoms with E-state index in [1.54, 1.807) is 6.92 Å². The predicted molar refractivity (Wildman–Crippen MR) is 59.5 cm³/mol. The Kier molecular flexibility index (Phi) is 4.62. The smallest absolute Gasteiger partial charge is 0.326 e. The first-order valence-electron chi connectivity index (χ1n) is 5.47. The van der Waals surface area contributed by atoms with Crippen LogP contribution in [0.1, 0.15) is 42.6 Å². The van der Waals surface area contributed by atoms with Crippen molar-refractivity contribution in [3.8, 4) is 0 Å². The SMILES string of the molecule is CCCC[C@H](NC(=O)c1n[nH]c(C)n1)C(=O)O. The van der Waals surface area contributed by atoms with Crippen molar-refractivity contribution in [3.05, 3.63) is 11.6 Å². The van der Waals surface area contributed by atoms with E-state index in [0.29, 0.717) is 12.2 Å². The van der Waals surface area contributed by atoms with Gasteiger partial charge < -0.3 is 10.4 Å². The first-order chi connectivity index (χ1) is 8.04. The van der Waals surface area contributed by atoms with Gasteiger partial charge in [0.2, 0.25) is 5.82 Å². The van der Waals surface area contributed by atoms with Crippen LogP contribution in [-0.4, -0.2) is 38.2 Å². The van der Waals surface area contributed by atoms with E-state index < -0.39 is 17.9 Å². The Morgan fingerprint density at radius 2 is 2.24 bits per heavy atom. The number of aryl methyl sites for hydroxylation is 1. The molecular weight excluding hydrogens is 224 g/mol. The molecule has 7 heteroatoms. The number of rotatable bonds is 6. The molecule has 1 aromatic heterocycles. The minimum Gasteiger partial charge on any atom is -0.480 e. The number of nitrogens with one attached hydrogen (secondary N) is 2. The van der Waals surface area contributed by atoms with Crippen LogP contribution in [0.3, 0.4) is 0 Å². The highest BCUT2D eigenvalue weighted by Crippen LogP contribution is 2.02. The van der Waals surface area contributed by atoms with E-state index in [0.717, 1.165) is 12.8 Å². The van der Waals surface area contributed by atoms with Gasteiger partial charge in [-0.25, -0.2) is 9.78 Å². The van der Waals surface area contributed by atoms with Gasteiger partial charge in [-0.2, -0.15) is 0 Å². The standard InChI is InChI=1S/C10H16N4O3/c1-3-4-5-7(10(16)17)12-9(15)8-11-6(2)13-14-8/h7H,3-5H2,1-2H3,(H,12,15)(H,16,17)(H,11,13,14)/t7-/m0/s1. The fourth-order valence-electron chi connectivity index (χ4n) is 1.33. The lowest BCUT2D eigenvalue weighted by molar-refractivity contribution is -0.139. The average Bonchev–Trinajstić information content (AvgIpc) is 2.70. The number of carbonyl (C=O) groups is 2. The molecule has 1 aromatic rings. The van der Waals surface area contributed by atoms with Crippen LogP contribution >= 0.6 is 0 Å². The van der Waals surface area contributed by atoms with Gasteiger partial charge in [0.05, 0.1) is 0 Å². The van der Waals surface area contributed by atoms with Crippen LogP contribution in [-0.2, 0) is 4.79 Å². The summed E-state index contributed by atoms with van der Waals surface area (Å²) in [6.45, 7) is 3.62. The molecule has 7 nitrogen and oxygen atoms in total. The summed E-state index contributed by atoms with van der Waals surface area (Å²) in [5.74, 6) is -1.14. The van der Waals surface area contributed by atoms with Crippen molar-refractivity contribution in [2.45, 2.75) is 39.2 Å². The summed E-state index contributed by atoms with van der Waals surface area (Å²) in [6, 6.07) is -0.888. The molecule has 0 unspecified atom stereocenters. The molecule has 0 radical (unpaired) electrons. The number of hydrogen-bond donors (Lipinski definition) is 3. The molecule has 0 bridgehead atoms. The third-order valence-corrected chi connectivity index (χ3v) is 2.25. The zero-order chi connectivity index (χ0) is 12.8. The first-order valence-corrected chi connectivity index (χ1v) is 5.47. The van der Waals surface area contributed by atoms with Gasteiger partial charge >= 0.3 is 5.97 Å². The number of unbranched alkanes of at least 4 members (excludes halogenated alkanes) is 1. The van der Waals surface area contributed by atoms with Gasteiger partial charge in [0.1, 0.15) is 11.9 Å². The molecule has 3 N–H and O–H groups in total. The highest BCUT2D eigenvalue weighted by atomic mass is 16.4. The minimum atomic E-state index is -1.04. The Hall–Kier alpha value is -1.92. The zero-order valence-electron chi connectivity index (χ0n) is 9.86. The highest BCUT2D eigenvalue weighted by Gasteiger charge is 2.21. The van der Waals surface area contributed by atoms with Crippen molar-refractivity contribution in [2.75, 3.05) is 0 Å². The quantitative estimate of drug-likeness (QED) is 0.670. The molecule has 0 aromatic carbocycles. The molecule has 0 aliphatic rings. The number of carboxylic acid groups (broad SMARTS) is 1. The Labute approximate surface area is 98.6 Å². The van der Waals surface area contributed by atoms with Crippen LogP contribution in [0, 0.1) is 6.92 Å². The second kappa shape index (κ2) is 5.97. The van der Waals surface area contributed by atoms with Crippen molar-refractivity contribution in [1.29, 1.82) is 0 Å². The number of H-pyrrole nitrogens is 1. The Morgan fingerprint density at radius 1 is 1.53 bits per heavy atom. The molecule has 17 heavy (non-hydrogen) atoms. The summed E-state index contributed by atoms with van der Waals surface area (Å²) in [7, 11) is 0. The van der Waals surface area contributed by atoms with Crippen molar-refractivity contribution < 1.29 is 14.7 Å². The fraction of sp³-hybridized carbons (Fsp3) is 0.600. The Morgan fingerprint density at radius 3 is 2.71 bits per heavy atom. The van der Waals surface area contributed by atoms with E-state index in [4.69, 9.17) is 5.11 Å². The van der Waals surface area contributed by atoms with Gasteiger partial charge in [-0.1, -0.05) is 19.8 Å². The van der Waals surface area contributed by atoms with E-state index in [-0.39, 0.29) is 5.82 Å². The fourth-order valence-corrected chi connectivity index (χ4v) is 1.33. The van der Waals surface area contributed by atoms with Crippen LogP contribution < -0.4 is 5.32 Å². The Bertz CT molecular complexity index is 402. The van der Waals surface area contributed by atoms with E-state index in [1.165, 1.54) is 0 Å². The maximum absolute atomic E-state index is 11.6. The second-order valence-corrected chi connectivity index (χ2v) is 3.75. The lowest BCUT2D eigenvalue weighted by atomic mass is 10.1. The molecule has 0 aliphatic heterocycles. The lowest BCUT2D eigenvalue weighted by Crippen LogP contribution is -2.41. The van der Waals surface area contributed by atoms with Gasteiger partial charge in [-0.3, -0.25) is 9.89 Å². The van der Waals surface area contributed by atoms with E-state index >= 15 is 0 Å². The number of aliphatic carboxylic acids is 1. The molecule has 1 rings (SSSR count). The van der Waals surface area contributed by atoms with E-state index in [1.807, 2.05) is 6.92 Å². The molecule has 0 saturated carbocycles. The summed E-state index contributed by atoms with van der Waals surface area (Å²) in [4.78, 5) is 26.4. The summed E-state index contributed by atoms with van der Waals surface area (Å²) in [5, 5.41) is 17.5. The molecule has 0 saturated heterocycles. The third kappa shape index (κ3) is 3.86. The van der Waals surface area contributed by atoms with Gasteiger partial charge in [0.15, 0.2) is 0 Å². The largest absolute Gasteiger partial charge is 0.480 e. The van der Waals surface area contributed by atoms with Crippen LogP contribution in [0.25, 0.3) is 0 Å². The number of nitrogens with zero attached hydrogens (tertiary/aromatic N) is 2. The Balaban J connectivity index is 2.60. The van der Waals surface area contributed by atoms with E-state index in [2.05, 4.69) is 20.5 Å². The van der Waals surface area contributed by atoms with Crippen molar-refractivity contribution in [1.82, 2.24) is 20.5 Å².